The maximum atomic E-state index is 6.05. The normalized spacial score (nSPS) is 14.1. The summed E-state index contributed by atoms with van der Waals surface area (Å²) < 4.78 is 23.1. The Bertz CT molecular complexity index is 1260. The van der Waals surface area contributed by atoms with Crippen LogP contribution in [0.25, 0.3) is 10.9 Å². The molecule has 188 valence electrons. The van der Waals surface area contributed by atoms with Crippen molar-refractivity contribution in [2.45, 2.75) is 19.3 Å². The number of aromatic amines is 1. The number of H-pyrrole nitrogens is 1. The average Bonchev–Trinajstić information content (AvgIpc) is 3.38. The second kappa shape index (κ2) is 11.8. The molecule has 0 radical (unpaired) electrons. The second-order valence-corrected chi connectivity index (χ2v) is 8.67. The number of fused-ring (bicyclic) bond motifs is 1. The summed E-state index contributed by atoms with van der Waals surface area (Å²) in [6.45, 7) is 5.13. The van der Waals surface area contributed by atoms with Gasteiger partial charge in [0.05, 0.1) is 37.8 Å². The molecule has 36 heavy (non-hydrogen) atoms. The van der Waals surface area contributed by atoms with Crippen molar-refractivity contribution in [1.29, 1.82) is 0 Å². The standard InChI is InChI=1S/C27H31N5O4/c1-33-24-17-22-23(18-25(24)35-13-5-10-32-11-14-34-15-12-32)28-19-29-27(22)36-26-16-21(30-31-26)9-8-20-6-3-2-4-7-20/h2-4,6-7,16-19H,5,8-15H2,1H3,(H,30,31). The molecule has 9 nitrogen and oxygen atoms in total. The molecular formula is C27H31N5O4. The molecule has 0 bridgehead atoms. The van der Waals surface area contributed by atoms with Crippen molar-refractivity contribution in [3.05, 3.63) is 66.1 Å². The van der Waals surface area contributed by atoms with Gasteiger partial charge in [0, 0.05) is 37.5 Å². The average molecular weight is 490 g/mol. The molecule has 1 N–H and O–H groups in total. The molecule has 1 saturated heterocycles. The molecule has 0 amide bonds. The van der Waals surface area contributed by atoms with Crippen molar-refractivity contribution >= 4 is 10.9 Å². The lowest BCUT2D eigenvalue weighted by Crippen LogP contribution is -2.37. The first-order valence-electron chi connectivity index (χ1n) is 12.3. The van der Waals surface area contributed by atoms with Crippen molar-refractivity contribution in [3.63, 3.8) is 0 Å². The number of methoxy groups -OCH3 is 1. The van der Waals surface area contributed by atoms with E-state index in [0.29, 0.717) is 35.4 Å². The lowest BCUT2D eigenvalue weighted by atomic mass is 10.1. The fourth-order valence-electron chi connectivity index (χ4n) is 4.23. The summed E-state index contributed by atoms with van der Waals surface area (Å²) in [6, 6.07) is 16.0. The second-order valence-electron chi connectivity index (χ2n) is 8.67. The zero-order valence-corrected chi connectivity index (χ0v) is 20.5. The third kappa shape index (κ3) is 6.10. The van der Waals surface area contributed by atoms with Crippen LogP contribution in [0.2, 0.25) is 0 Å². The van der Waals surface area contributed by atoms with Gasteiger partial charge in [-0.1, -0.05) is 30.3 Å². The Morgan fingerprint density at radius 3 is 2.69 bits per heavy atom. The summed E-state index contributed by atoms with van der Waals surface area (Å²) in [5.74, 6) is 2.14. The van der Waals surface area contributed by atoms with Gasteiger partial charge in [-0.05, 0) is 30.9 Å². The molecule has 3 heterocycles. The van der Waals surface area contributed by atoms with E-state index in [2.05, 4.69) is 37.2 Å². The third-order valence-corrected chi connectivity index (χ3v) is 6.20. The number of aryl methyl sites for hydroxylation is 2. The van der Waals surface area contributed by atoms with Gasteiger partial charge in [0.15, 0.2) is 11.5 Å². The van der Waals surface area contributed by atoms with Crippen LogP contribution in [0.1, 0.15) is 17.7 Å². The smallest absolute Gasteiger partial charge is 0.240 e. The first-order valence-corrected chi connectivity index (χ1v) is 12.3. The van der Waals surface area contributed by atoms with Gasteiger partial charge in [0.1, 0.15) is 6.33 Å². The SMILES string of the molecule is COc1cc2c(Oc3cc(CCc4ccccc4)[nH]n3)ncnc2cc1OCCCN1CCOCC1. The van der Waals surface area contributed by atoms with E-state index >= 15 is 0 Å². The number of nitrogens with one attached hydrogen (secondary N) is 1. The van der Waals surface area contributed by atoms with Crippen LogP contribution >= 0.6 is 0 Å². The van der Waals surface area contributed by atoms with E-state index in [1.54, 1.807) is 7.11 Å². The fraction of sp³-hybridized carbons (Fsp3) is 0.370. The maximum absolute atomic E-state index is 6.05. The van der Waals surface area contributed by atoms with Crippen LogP contribution in [0.3, 0.4) is 0 Å². The number of morpholine rings is 1. The molecule has 5 rings (SSSR count). The Balaban J connectivity index is 1.23. The van der Waals surface area contributed by atoms with Gasteiger partial charge in [0.25, 0.3) is 0 Å². The van der Waals surface area contributed by atoms with Crippen LogP contribution in [0.4, 0.5) is 0 Å². The number of nitrogens with zero attached hydrogens (tertiary/aromatic N) is 4. The summed E-state index contributed by atoms with van der Waals surface area (Å²) in [5, 5.41) is 8.08. The molecule has 9 heteroatoms. The van der Waals surface area contributed by atoms with Crippen molar-refractivity contribution in [2.75, 3.05) is 46.6 Å². The van der Waals surface area contributed by atoms with Crippen LogP contribution in [-0.2, 0) is 17.6 Å². The molecule has 1 aliphatic heterocycles. The highest BCUT2D eigenvalue weighted by atomic mass is 16.5. The van der Waals surface area contributed by atoms with E-state index < -0.39 is 0 Å². The highest BCUT2D eigenvalue weighted by Gasteiger charge is 2.15. The van der Waals surface area contributed by atoms with E-state index in [4.69, 9.17) is 18.9 Å². The Hall–Kier alpha value is -3.69. The molecule has 4 aromatic rings. The van der Waals surface area contributed by atoms with Crippen molar-refractivity contribution in [2.24, 2.45) is 0 Å². The van der Waals surface area contributed by atoms with E-state index in [0.717, 1.165) is 63.2 Å². The van der Waals surface area contributed by atoms with Crippen LogP contribution in [0.5, 0.6) is 23.3 Å². The number of aromatic nitrogens is 4. The van der Waals surface area contributed by atoms with E-state index in [1.165, 1.54) is 11.9 Å². The zero-order valence-electron chi connectivity index (χ0n) is 20.5. The largest absolute Gasteiger partial charge is 0.493 e. The number of ether oxygens (including phenoxy) is 4. The Kier molecular flexibility index (Phi) is 7.89. The van der Waals surface area contributed by atoms with Gasteiger partial charge in [-0.25, -0.2) is 9.97 Å². The summed E-state index contributed by atoms with van der Waals surface area (Å²) in [7, 11) is 1.62. The molecular weight excluding hydrogens is 458 g/mol. The summed E-state index contributed by atoms with van der Waals surface area (Å²) >= 11 is 0. The molecule has 1 fully saturated rings. The molecule has 1 aliphatic rings. The molecule has 0 saturated carbocycles. The van der Waals surface area contributed by atoms with Crippen LogP contribution in [-0.4, -0.2) is 71.6 Å². The van der Waals surface area contributed by atoms with Gasteiger partial charge in [-0.3, -0.25) is 10.00 Å². The highest BCUT2D eigenvalue weighted by molar-refractivity contribution is 5.86. The number of rotatable bonds is 11. The number of benzene rings is 2. The van der Waals surface area contributed by atoms with Crippen molar-refractivity contribution < 1.29 is 18.9 Å². The molecule has 0 atom stereocenters. The monoisotopic (exact) mass is 489 g/mol. The molecule has 2 aromatic carbocycles. The van der Waals surface area contributed by atoms with E-state index in [1.807, 2.05) is 36.4 Å². The van der Waals surface area contributed by atoms with E-state index in [-0.39, 0.29) is 0 Å². The Morgan fingerprint density at radius 2 is 1.86 bits per heavy atom. The first kappa shape index (κ1) is 24.0. The predicted octanol–water partition coefficient (Wildman–Crippen LogP) is 4.04. The van der Waals surface area contributed by atoms with Crippen molar-refractivity contribution in [1.82, 2.24) is 25.1 Å². The highest BCUT2D eigenvalue weighted by Crippen LogP contribution is 2.36. The quantitative estimate of drug-likeness (QED) is 0.316. The number of hydrogen-bond donors (Lipinski definition) is 1. The fourth-order valence-corrected chi connectivity index (χ4v) is 4.23. The summed E-state index contributed by atoms with van der Waals surface area (Å²) in [5.41, 5.74) is 2.99. The molecule has 0 aliphatic carbocycles. The van der Waals surface area contributed by atoms with Crippen LogP contribution < -0.4 is 14.2 Å². The lowest BCUT2D eigenvalue weighted by Gasteiger charge is -2.26. The van der Waals surface area contributed by atoms with Gasteiger partial charge < -0.3 is 18.9 Å². The van der Waals surface area contributed by atoms with Crippen molar-refractivity contribution in [3.8, 4) is 23.3 Å². The molecule has 0 unspecified atom stereocenters. The minimum Gasteiger partial charge on any atom is -0.493 e. The zero-order chi connectivity index (χ0) is 24.6. The van der Waals surface area contributed by atoms with Gasteiger partial charge in [-0.15, -0.1) is 5.10 Å². The lowest BCUT2D eigenvalue weighted by molar-refractivity contribution is 0.0357. The minimum atomic E-state index is 0.415. The van der Waals surface area contributed by atoms with Gasteiger partial charge in [0.2, 0.25) is 11.8 Å². The maximum Gasteiger partial charge on any atom is 0.240 e. The van der Waals surface area contributed by atoms with Crippen LogP contribution in [0.15, 0.2) is 54.9 Å². The van der Waals surface area contributed by atoms with Gasteiger partial charge in [-0.2, -0.15) is 0 Å². The van der Waals surface area contributed by atoms with E-state index in [9.17, 15) is 0 Å². The Labute approximate surface area is 210 Å². The number of hydrogen-bond acceptors (Lipinski definition) is 8. The first-order chi connectivity index (χ1) is 17.8. The Morgan fingerprint density at radius 1 is 1.00 bits per heavy atom. The summed E-state index contributed by atoms with van der Waals surface area (Å²) in [4.78, 5) is 11.1. The van der Waals surface area contributed by atoms with Crippen LogP contribution in [0, 0.1) is 0 Å². The topological polar surface area (TPSA) is 94.6 Å². The van der Waals surface area contributed by atoms with Gasteiger partial charge >= 0.3 is 0 Å². The molecule has 0 spiro atoms. The third-order valence-electron chi connectivity index (χ3n) is 6.20. The molecule has 2 aromatic heterocycles. The minimum absolute atomic E-state index is 0.415. The summed E-state index contributed by atoms with van der Waals surface area (Å²) in [6.07, 6.45) is 4.16. The predicted molar refractivity (Wildman–Crippen MR) is 136 cm³/mol.